The molecule has 0 aliphatic carbocycles. The van der Waals surface area contributed by atoms with E-state index in [4.69, 9.17) is 9.84 Å². The monoisotopic (exact) mass is 449 g/mol. The van der Waals surface area contributed by atoms with Gasteiger partial charge in [0.15, 0.2) is 0 Å². The van der Waals surface area contributed by atoms with E-state index in [1.165, 1.54) is 4.90 Å². The van der Waals surface area contributed by atoms with Crippen LogP contribution >= 0.6 is 0 Å². The first kappa shape index (κ1) is 21.4. The third kappa shape index (κ3) is 4.13. The lowest BCUT2D eigenvalue weighted by atomic mass is 10.1. The average Bonchev–Trinajstić information content (AvgIpc) is 3.42. The van der Waals surface area contributed by atoms with Gasteiger partial charge in [0, 0.05) is 40.7 Å². The summed E-state index contributed by atoms with van der Waals surface area (Å²) in [6, 6.07) is 26.9. The molecule has 1 aliphatic rings. The van der Waals surface area contributed by atoms with Crippen LogP contribution in [0.4, 0.5) is 0 Å². The fourth-order valence-corrected chi connectivity index (χ4v) is 4.07. The molecule has 34 heavy (non-hydrogen) atoms. The molecule has 1 aromatic heterocycles. The quantitative estimate of drug-likeness (QED) is 0.368. The van der Waals surface area contributed by atoms with Crippen LogP contribution in [0.5, 0.6) is 0 Å². The molecule has 0 spiro atoms. The van der Waals surface area contributed by atoms with Gasteiger partial charge in [0.25, 0.3) is 5.91 Å². The molecule has 0 bridgehead atoms. The lowest BCUT2D eigenvalue weighted by molar-refractivity contribution is -0.145. The van der Waals surface area contributed by atoms with Crippen molar-refractivity contribution in [3.63, 3.8) is 0 Å². The molecule has 1 aliphatic heterocycles. The maximum absolute atomic E-state index is 12.6. The van der Waals surface area contributed by atoms with Crippen molar-refractivity contribution < 1.29 is 14.3 Å². The van der Waals surface area contributed by atoms with Gasteiger partial charge in [0.2, 0.25) is 0 Å². The maximum Gasteiger partial charge on any atom is 0.307 e. The van der Waals surface area contributed by atoms with Gasteiger partial charge in [-0.2, -0.15) is 5.10 Å². The summed E-state index contributed by atoms with van der Waals surface area (Å²) in [6.45, 7) is 4.33. The minimum atomic E-state index is -0.386. The summed E-state index contributed by atoms with van der Waals surface area (Å²) in [7, 11) is 0. The first-order valence-electron chi connectivity index (χ1n) is 11.1. The first-order valence-corrected chi connectivity index (χ1v) is 11.1. The van der Waals surface area contributed by atoms with E-state index < -0.39 is 0 Å². The van der Waals surface area contributed by atoms with Crippen LogP contribution in [-0.2, 0) is 16.1 Å². The van der Waals surface area contributed by atoms with Gasteiger partial charge < -0.3 is 9.64 Å². The highest BCUT2D eigenvalue weighted by molar-refractivity contribution is 6.08. The molecule has 0 N–H and O–H groups in total. The van der Waals surface area contributed by atoms with Crippen molar-refractivity contribution in [1.29, 1.82) is 0 Å². The van der Waals surface area contributed by atoms with Gasteiger partial charge in [-0.25, -0.2) is 4.68 Å². The number of fused-ring (bicyclic) bond motifs is 1. The van der Waals surface area contributed by atoms with Crippen LogP contribution in [0.25, 0.3) is 22.6 Å². The summed E-state index contributed by atoms with van der Waals surface area (Å²) in [6.07, 6.45) is 1.96. The van der Waals surface area contributed by atoms with Gasteiger partial charge in [-0.05, 0) is 18.2 Å². The summed E-state index contributed by atoms with van der Waals surface area (Å²) >= 11 is 0. The van der Waals surface area contributed by atoms with Crippen LogP contribution in [0.3, 0.4) is 0 Å². The molecule has 0 atom stereocenters. The second-order valence-electron chi connectivity index (χ2n) is 8.01. The zero-order valence-electron chi connectivity index (χ0n) is 18.6. The molecule has 1 amide bonds. The Hall–Kier alpha value is -4.45. The molecule has 168 valence electrons. The van der Waals surface area contributed by atoms with Gasteiger partial charge >= 0.3 is 5.97 Å². The molecular weight excluding hydrogens is 426 g/mol. The summed E-state index contributed by atoms with van der Waals surface area (Å²) < 4.78 is 7.37. The molecule has 0 radical (unpaired) electrons. The summed E-state index contributed by atoms with van der Waals surface area (Å²) in [4.78, 5) is 26.7. The normalized spacial score (nSPS) is 12.6. The Labute approximate surface area is 197 Å². The number of ether oxygens (including phenoxy) is 1. The number of para-hydroxylation sites is 1. The maximum atomic E-state index is 12.6. The molecule has 4 aromatic rings. The van der Waals surface area contributed by atoms with E-state index in [1.54, 1.807) is 10.7 Å². The highest BCUT2D eigenvalue weighted by Crippen LogP contribution is 2.31. The summed E-state index contributed by atoms with van der Waals surface area (Å²) in [5.41, 5.74) is 5.46. The lowest BCUT2D eigenvalue weighted by Crippen LogP contribution is -2.26. The van der Waals surface area contributed by atoms with Crippen LogP contribution in [0.1, 0.15) is 27.9 Å². The average molecular weight is 450 g/mol. The molecule has 0 saturated carbocycles. The summed E-state index contributed by atoms with van der Waals surface area (Å²) in [5.74, 6) is -0.521. The Balaban J connectivity index is 1.27. The number of carbonyl (C=O) groups is 2. The van der Waals surface area contributed by atoms with E-state index in [9.17, 15) is 9.59 Å². The van der Waals surface area contributed by atoms with Crippen molar-refractivity contribution in [2.45, 2.75) is 13.0 Å². The zero-order valence-corrected chi connectivity index (χ0v) is 18.6. The predicted molar refractivity (Wildman–Crippen MR) is 130 cm³/mol. The zero-order chi connectivity index (χ0) is 23.5. The number of hydrogen-bond acceptors (Lipinski definition) is 4. The van der Waals surface area contributed by atoms with Gasteiger partial charge in [-0.3, -0.25) is 9.59 Å². The third-order valence-corrected chi connectivity index (χ3v) is 5.83. The predicted octanol–water partition coefficient (Wildman–Crippen LogP) is 5.10. The lowest BCUT2D eigenvalue weighted by Gasteiger charge is -2.16. The van der Waals surface area contributed by atoms with E-state index in [2.05, 4.69) is 6.58 Å². The Morgan fingerprint density at radius 2 is 1.53 bits per heavy atom. The highest BCUT2D eigenvalue weighted by atomic mass is 16.5. The Morgan fingerprint density at radius 3 is 2.24 bits per heavy atom. The van der Waals surface area contributed by atoms with Gasteiger partial charge in [-0.15, -0.1) is 0 Å². The van der Waals surface area contributed by atoms with Crippen LogP contribution in [0, 0.1) is 0 Å². The Morgan fingerprint density at radius 1 is 0.882 bits per heavy atom. The number of esters is 1. The fraction of sp³-hybridized carbons (Fsp3) is 0.107. The van der Waals surface area contributed by atoms with Crippen molar-refractivity contribution in [2.75, 3.05) is 6.54 Å². The Kier molecular flexibility index (Phi) is 5.79. The van der Waals surface area contributed by atoms with Crippen LogP contribution in [0.2, 0.25) is 0 Å². The Bertz CT molecular complexity index is 1330. The van der Waals surface area contributed by atoms with Crippen LogP contribution < -0.4 is 0 Å². The third-order valence-electron chi connectivity index (χ3n) is 5.83. The standard InChI is InChI=1S/C28H23N3O3/c1-20-24-14-8-9-15-25(24)28(33)30(20)17-16-26(32)34-19-22-18-31(23-12-6-3-7-13-23)29-27(22)21-10-4-2-5-11-21/h2-15,18H,1,16-17,19H2. The van der Waals surface area contributed by atoms with Crippen LogP contribution in [-0.4, -0.2) is 33.1 Å². The number of carbonyl (C=O) groups excluding carboxylic acids is 2. The number of amides is 1. The van der Waals surface area contributed by atoms with E-state index >= 15 is 0 Å². The van der Waals surface area contributed by atoms with E-state index in [-0.39, 0.29) is 31.4 Å². The molecule has 6 heteroatoms. The largest absolute Gasteiger partial charge is 0.461 e. The smallest absolute Gasteiger partial charge is 0.307 e. The number of nitrogens with zero attached hydrogens (tertiary/aromatic N) is 3. The molecule has 2 heterocycles. The number of rotatable bonds is 7. The first-order chi connectivity index (χ1) is 16.6. The second kappa shape index (κ2) is 9.19. The number of aromatic nitrogens is 2. The van der Waals surface area contributed by atoms with Gasteiger partial charge in [0.1, 0.15) is 6.61 Å². The minimum Gasteiger partial charge on any atom is -0.461 e. The van der Waals surface area contributed by atoms with Crippen LogP contribution in [0.15, 0.2) is 97.7 Å². The van der Waals surface area contributed by atoms with Crippen molar-refractivity contribution in [2.24, 2.45) is 0 Å². The topological polar surface area (TPSA) is 64.4 Å². The molecule has 0 fully saturated rings. The van der Waals surface area contributed by atoms with Crippen molar-refractivity contribution in [3.05, 3.63) is 114 Å². The fourth-order valence-electron chi connectivity index (χ4n) is 4.07. The van der Waals surface area contributed by atoms with Gasteiger partial charge in [0.05, 0.1) is 17.8 Å². The van der Waals surface area contributed by atoms with E-state index in [0.717, 1.165) is 28.1 Å². The number of benzene rings is 3. The molecule has 3 aromatic carbocycles. The second-order valence-corrected chi connectivity index (χ2v) is 8.01. The molecule has 5 rings (SSSR count). The molecular formula is C28H23N3O3. The number of hydrogen-bond donors (Lipinski definition) is 0. The van der Waals surface area contributed by atoms with E-state index in [0.29, 0.717) is 11.3 Å². The van der Waals surface area contributed by atoms with E-state index in [1.807, 2.05) is 85.1 Å². The van der Waals surface area contributed by atoms with Gasteiger partial charge in [-0.1, -0.05) is 73.3 Å². The SMILES string of the molecule is C=C1c2ccccc2C(=O)N1CCC(=O)OCc1cn(-c2ccccc2)nc1-c1ccccc1. The van der Waals surface area contributed by atoms with Crippen molar-refractivity contribution in [1.82, 2.24) is 14.7 Å². The van der Waals surface area contributed by atoms with Crippen molar-refractivity contribution in [3.8, 4) is 16.9 Å². The molecule has 0 unspecified atom stereocenters. The molecule has 0 saturated heterocycles. The minimum absolute atomic E-state index is 0.0756. The highest BCUT2D eigenvalue weighted by Gasteiger charge is 2.30. The van der Waals surface area contributed by atoms with Crippen molar-refractivity contribution >= 4 is 17.6 Å². The summed E-state index contributed by atoms with van der Waals surface area (Å²) in [5, 5.41) is 4.74. The molecule has 6 nitrogen and oxygen atoms in total.